The lowest BCUT2D eigenvalue weighted by Gasteiger charge is -2.06. The van der Waals surface area contributed by atoms with Gasteiger partial charge in [-0.15, -0.1) is 0 Å². The van der Waals surface area contributed by atoms with E-state index in [4.69, 9.17) is 9.84 Å². The van der Waals surface area contributed by atoms with Crippen LogP contribution < -0.4 is 5.32 Å². The number of methoxy groups -OCH3 is 1. The summed E-state index contributed by atoms with van der Waals surface area (Å²) in [7, 11) is 1.67. The van der Waals surface area contributed by atoms with Gasteiger partial charge in [-0.2, -0.15) is 0 Å². The topological polar surface area (TPSA) is 78.8 Å². The van der Waals surface area contributed by atoms with Crippen molar-refractivity contribution in [1.29, 1.82) is 0 Å². The number of hydrogen-bond acceptors (Lipinski definition) is 4. The minimum absolute atomic E-state index is 0.230. The first kappa shape index (κ1) is 14.3. The number of carbonyl (C=O) groups excluding carboxylic acids is 1. The van der Waals surface area contributed by atoms with E-state index in [0.717, 1.165) is 25.9 Å². The number of nitrogens with one attached hydrogen (secondary N) is 1. The standard InChI is InChI=1S/C13H19NO4/c1-18-8-4-2-3-7-14-13(17)10-5-6-11(15)12(16)9-10/h5-6,9,15-16H,2-4,7-8H2,1H3,(H,14,17). The third-order valence-electron chi connectivity index (χ3n) is 2.55. The summed E-state index contributed by atoms with van der Waals surface area (Å²) in [6.07, 6.45) is 2.86. The molecule has 0 heterocycles. The van der Waals surface area contributed by atoms with Gasteiger partial charge in [0.1, 0.15) is 0 Å². The van der Waals surface area contributed by atoms with E-state index in [1.54, 1.807) is 7.11 Å². The normalized spacial score (nSPS) is 10.3. The zero-order chi connectivity index (χ0) is 13.4. The quantitative estimate of drug-likeness (QED) is 0.510. The molecule has 0 saturated carbocycles. The van der Waals surface area contributed by atoms with Gasteiger partial charge in [0, 0.05) is 25.8 Å². The number of carbonyl (C=O) groups is 1. The van der Waals surface area contributed by atoms with Crippen LogP contribution in [0.15, 0.2) is 18.2 Å². The number of rotatable bonds is 7. The van der Waals surface area contributed by atoms with Crippen LogP contribution in [0.2, 0.25) is 0 Å². The number of unbranched alkanes of at least 4 members (excludes halogenated alkanes) is 2. The van der Waals surface area contributed by atoms with E-state index in [-0.39, 0.29) is 17.4 Å². The molecule has 0 radical (unpaired) electrons. The number of amides is 1. The van der Waals surface area contributed by atoms with Crippen molar-refractivity contribution < 1.29 is 19.7 Å². The highest BCUT2D eigenvalue weighted by atomic mass is 16.5. The molecule has 0 spiro atoms. The number of hydrogen-bond donors (Lipinski definition) is 3. The van der Waals surface area contributed by atoms with E-state index in [1.165, 1.54) is 18.2 Å². The van der Waals surface area contributed by atoms with Gasteiger partial charge in [0.05, 0.1) is 0 Å². The summed E-state index contributed by atoms with van der Waals surface area (Å²) < 4.78 is 4.92. The predicted molar refractivity (Wildman–Crippen MR) is 67.8 cm³/mol. The van der Waals surface area contributed by atoms with Crippen LogP contribution in [0.4, 0.5) is 0 Å². The Labute approximate surface area is 106 Å². The Morgan fingerprint density at radius 1 is 1.22 bits per heavy atom. The number of phenolic OH excluding ortho intramolecular Hbond substituents is 2. The summed E-state index contributed by atoms with van der Waals surface area (Å²) in [5, 5.41) is 21.2. The molecule has 1 rings (SSSR count). The zero-order valence-corrected chi connectivity index (χ0v) is 10.5. The average Bonchev–Trinajstić information content (AvgIpc) is 2.36. The molecule has 0 aliphatic carbocycles. The van der Waals surface area contributed by atoms with E-state index in [2.05, 4.69) is 5.32 Å². The van der Waals surface area contributed by atoms with Crippen molar-refractivity contribution in [2.75, 3.05) is 20.3 Å². The molecular weight excluding hydrogens is 234 g/mol. The Bertz CT molecular complexity index is 393. The highest BCUT2D eigenvalue weighted by molar-refractivity contribution is 5.94. The van der Waals surface area contributed by atoms with Gasteiger partial charge in [-0.05, 0) is 37.5 Å². The van der Waals surface area contributed by atoms with Gasteiger partial charge >= 0.3 is 0 Å². The van der Waals surface area contributed by atoms with Crippen LogP contribution in [0, 0.1) is 0 Å². The lowest BCUT2D eigenvalue weighted by atomic mass is 10.2. The molecule has 1 aromatic carbocycles. The Hall–Kier alpha value is -1.75. The monoisotopic (exact) mass is 253 g/mol. The fraction of sp³-hybridized carbons (Fsp3) is 0.462. The number of aromatic hydroxyl groups is 2. The highest BCUT2D eigenvalue weighted by Gasteiger charge is 2.07. The molecule has 1 amide bonds. The zero-order valence-electron chi connectivity index (χ0n) is 10.5. The van der Waals surface area contributed by atoms with Crippen LogP contribution in [-0.4, -0.2) is 36.4 Å². The Morgan fingerprint density at radius 2 is 2.00 bits per heavy atom. The van der Waals surface area contributed by atoms with Gasteiger partial charge in [0.25, 0.3) is 5.91 Å². The first-order valence-corrected chi connectivity index (χ1v) is 5.94. The first-order chi connectivity index (χ1) is 8.65. The maximum atomic E-state index is 11.7. The first-order valence-electron chi connectivity index (χ1n) is 5.94. The summed E-state index contributed by atoms with van der Waals surface area (Å²) >= 11 is 0. The molecule has 5 nitrogen and oxygen atoms in total. The van der Waals surface area contributed by atoms with Gasteiger partial charge in [-0.25, -0.2) is 0 Å². The van der Waals surface area contributed by atoms with Crippen molar-refractivity contribution in [2.45, 2.75) is 19.3 Å². The van der Waals surface area contributed by atoms with Crippen LogP contribution in [0.25, 0.3) is 0 Å². The van der Waals surface area contributed by atoms with Crippen LogP contribution in [0.3, 0.4) is 0 Å². The lowest BCUT2D eigenvalue weighted by Crippen LogP contribution is -2.24. The van der Waals surface area contributed by atoms with Gasteiger partial charge in [-0.3, -0.25) is 4.79 Å². The summed E-state index contributed by atoms with van der Waals surface area (Å²) in [6.45, 7) is 1.32. The summed E-state index contributed by atoms with van der Waals surface area (Å²) in [5.74, 6) is -0.772. The van der Waals surface area contributed by atoms with E-state index in [9.17, 15) is 9.90 Å². The number of phenols is 2. The molecular formula is C13H19NO4. The largest absolute Gasteiger partial charge is 0.504 e. The third kappa shape index (κ3) is 4.63. The molecule has 0 aliphatic heterocycles. The van der Waals surface area contributed by atoms with Crippen molar-refractivity contribution in [1.82, 2.24) is 5.32 Å². The van der Waals surface area contributed by atoms with Crippen molar-refractivity contribution >= 4 is 5.91 Å². The molecule has 3 N–H and O–H groups in total. The smallest absolute Gasteiger partial charge is 0.251 e. The third-order valence-corrected chi connectivity index (χ3v) is 2.55. The van der Waals surface area contributed by atoms with E-state index >= 15 is 0 Å². The van der Waals surface area contributed by atoms with Gasteiger partial charge in [0.2, 0.25) is 0 Å². The minimum atomic E-state index is -0.289. The second-order valence-electron chi connectivity index (χ2n) is 4.01. The molecule has 0 bridgehead atoms. The second-order valence-corrected chi connectivity index (χ2v) is 4.01. The van der Waals surface area contributed by atoms with Crippen molar-refractivity contribution in [3.05, 3.63) is 23.8 Å². The molecule has 18 heavy (non-hydrogen) atoms. The maximum Gasteiger partial charge on any atom is 0.251 e. The van der Waals surface area contributed by atoms with Crippen LogP contribution in [0.1, 0.15) is 29.6 Å². The van der Waals surface area contributed by atoms with Crippen LogP contribution in [-0.2, 0) is 4.74 Å². The number of ether oxygens (including phenoxy) is 1. The molecule has 5 heteroatoms. The molecule has 0 unspecified atom stereocenters. The fourth-order valence-corrected chi connectivity index (χ4v) is 1.52. The number of benzene rings is 1. The van der Waals surface area contributed by atoms with Crippen LogP contribution in [0.5, 0.6) is 11.5 Å². The molecule has 100 valence electrons. The maximum absolute atomic E-state index is 11.7. The molecule has 1 aromatic rings. The molecule has 0 aromatic heterocycles. The van der Waals surface area contributed by atoms with E-state index in [1.807, 2.05) is 0 Å². The van der Waals surface area contributed by atoms with Crippen molar-refractivity contribution in [2.24, 2.45) is 0 Å². The highest BCUT2D eigenvalue weighted by Crippen LogP contribution is 2.24. The SMILES string of the molecule is COCCCCCNC(=O)c1ccc(O)c(O)c1. The van der Waals surface area contributed by atoms with Gasteiger partial charge in [-0.1, -0.05) is 0 Å². The fourth-order valence-electron chi connectivity index (χ4n) is 1.52. The van der Waals surface area contributed by atoms with Crippen molar-refractivity contribution in [3.63, 3.8) is 0 Å². The van der Waals surface area contributed by atoms with Crippen molar-refractivity contribution in [3.8, 4) is 11.5 Å². The summed E-state index contributed by atoms with van der Waals surface area (Å²) in [5.41, 5.74) is 0.335. The average molecular weight is 253 g/mol. The Balaban J connectivity index is 2.30. The van der Waals surface area contributed by atoms with E-state index < -0.39 is 0 Å². The Kier molecular flexibility index (Phi) is 6.00. The molecule has 0 fully saturated rings. The minimum Gasteiger partial charge on any atom is -0.504 e. The molecule has 0 aliphatic rings. The predicted octanol–water partition coefficient (Wildman–Crippen LogP) is 1.64. The molecule has 0 saturated heterocycles. The summed E-state index contributed by atoms with van der Waals surface area (Å²) in [6, 6.07) is 4.01. The van der Waals surface area contributed by atoms with E-state index in [0.29, 0.717) is 12.1 Å². The van der Waals surface area contributed by atoms with Gasteiger partial charge < -0.3 is 20.3 Å². The van der Waals surface area contributed by atoms with Gasteiger partial charge in [0.15, 0.2) is 11.5 Å². The summed E-state index contributed by atoms with van der Waals surface area (Å²) in [4.78, 5) is 11.7. The lowest BCUT2D eigenvalue weighted by molar-refractivity contribution is 0.0952. The Morgan fingerprint density at radius 3 is 2.67 bits per heavy atom. The van der Waals surface area contributed by atoms with Crippen LogP contribution >= 0.6 is 0 Å². The second kappa shape index (κ2) is 7.55. The molecule has 0 atom stereocenters.